The number of sulfonamides is 1. The first-order chi connectivity index (χ1) is 12.8. The van der Waals surface area contributed by atoms with Gasteiger partial charge in [-0.05, 0) is 43.2 Å². The lowest BCUT2D eigenvalue weighted by molar-refractivity contribution is -0.128. The Labute approximate surface area is 161 Å². The molecular weight excluding hydrogens is 360 g/mol. The molecule has 144 valence electrons. The van der Waals surface area contributed by atoms with Crippen LogP contribution < -0.4 is 4.72 Å². The summed E-state index contributed by atoms with van der Waals surface area (Å²) in [6.07, 6.45) is 3.23. The van der Waals surface area contributed by atoms with Crippen LogP contribution in [-0.4, -0.2) is 31.8 Å². The van der Waals surface area contributed by atoms with Gasteiger partial charge in [-0.3, -0.25) is 4.79 Å². The summed E-state index contributed by atoms with van der Waals surface area (Å²) >= 11 is 0. The molecule has 0 bridgehead atoms. The molecule has 6 heteroatoms. The molecule has 2 rings (SSSR count). The maximum Gasteiger partial charge on any atom is 0.247 e. The molecule has 1 amide bonds. The number of nitrogens with zero attached hydrogens (tertiary/aromatic N) is 1. The predicted octanol–water partition coefficient (Wildman–Crippen LogP) is 3.44. The Bertz CT molecular complexity index is 873. The first-order valence-electron chi connectivity index (χ1n) is 8.96. The molecule has 0 atom stereocenters. The Morgan fingerprint density at radius 3 is 2.26 bits per heavy atom. The van der Waals surface area contributed by atoms with Gasteiger partial charge in [-0.1, -0.05) is 49.4 Å². The number of carbonyl (C=O) groups excluding carboxylic acids is 1. The summed E-state index contributed by atoms with van der Waals surface area (Å²) in [4.78, 5) is 14.6. The second-order valence-corrected chi connectivity index (χ2v) is 8.22. The van der Waals surface area contributed by atoms with Gasteiger partial charge in [-0.25, -0.2) is 13.1 Å². The minimum Gasteiger partial charge on any atom is -0.332 e. The first-order valence-corrected chi connectivity index (χ1v) is 10.4. The summed E-state index contributed by atoms with van der Waals surface area (Å²) in [6, 6.07) is 16.4. The number of rotatable bonds is 8. The highest BCUT2D eigenvalue weighted by atomic mass is 32.2. The molecule has 0 saturated carbocycles. The van der Waals surface area contributed by atoms with E-state index in [4.69, 9.17) is 0 Å². The molecule has 0 aliphatic heterocycles. The van der Waals surface area contributed by atoms with E-state index in [2.05, 4.69) is 4.72 Å². The molecule has 0 aromatic heterocycles. The molecule has 0 radical (unpaired) electrons. The Kier molecular flexibility index (Phi) is 7.33. The maximum absolute atomic E-state index is 12.6. The Balaban J connectivity index is 2.09. The summed E-state index contributed by atoms with van der Waals surface area (Å²) < 4.78 is 26.4. The number of amides is 1. The summed E-state index contributed by atoms with van der Waals surface area (Å²) in [6.45, 7) is 6.58. The van der Waals surface area contributed by atoms with Gasteiger partial charge in [0.1, 0.15) is 0 Å². The predicted molar refractivity (Wildman–Crippen MR) is 108 cm³/mol. The van der Waals surface area contributed by atoms with Crippen LogP contribution in [0.2, 0.25) is 0 Å². The monoisotopic (exact) mass is 386 g/mol. The van der Waals surface area contributed by atoms with E-state index in [1.165, 1.54) is 18.2 Å². The van der Waals surface area contributed by atoms with Gasteiger partial charge in [-0.15, -0.1) is 0 Å². The maximum atomic E-state index is 12.6. The normalized spacial score (nSPS) is 11.9. The standard InChI is InChI=1S/C21H26N2O3S/c1-4-22-27(25,26)20-13-10-18(11-14-20)12-15-21(24)23(17(2)3)16-19-8-6-5-7-9-19/h5-15,17,22H,4,16H2,1-3H3/b15-12+. The van der Waals surface area contributed by atoms with Crippen LogP contribution in [0, 0.1) is 0 Å². The van der Waals surface area contributed by atoms with Gasteiger partial charge in [-0.2, -0.15) is 0 Å². The first kappa shape index (κ1) is 20.9. The van der Waals surface area contributed by atoms with Gasteiger partial charge in [0.15, 0.2) is 0 Å². The van der Waals surface area contributed by atoms with Crippen LogP contribution in [0.25, 0.3) is 6.08 Å². The molecule has 2 aromatic rings. The second-order valence-electron chi connectivity index (χ2n) is 6.45. The van der Waals surface area contributed by atoms with Crippen molar-refractivity contribution < 1.29 is 13.2 Å². The Hall–Kier alpha value is -2.44. The lowest BCUT2D eigenvalue weighted by Gasteiger charge is -2.25. The molecule has 0 saturated heterocycles. The molecule has 0 heterocycles. The molecule has 5 nitrogen and oxygen atoms in total. The van der Waals surface area contributed by atoms with E-state index in [1.54, 1.807) is 30.0 Å². The second kappa shape index (κ2) is 9.48. The summed E-state index contributed by atoms with van der Waals surface area (Å²) in [5.41, 5.74) is 1.84. The molecule has 2 aromatic carbocycles. The van der Waals surface area contributed by atoms with Crippen molar-refractivity contribution >= 4 is 22.0 Å². The van der Waals surface area contributed by atoms with Crippen molar-refractivity contribution in [3.8, 4) is 0 Å². The Morgan fingerprint density at radius 1 is 1.07 bits per heavy atom. The van der Waals surface area contributed by atoms with Gasteiger partial charge in [0.05, 0.1) is 4.90 Å². The lowest BCUT2D eigenvalue weighted by atomic mass is 10.1. The van der Waals surface area contributed by atoms with Gasteiger partial charge in [0, 0.05) is 25.2 Å². The average Bonchev–Trinajstić information content (AvgIpc) is 2.65. The largest absolute Gasteiger partial charge is 0.332 e. The van der Waals surface area contributed by atoms with E-state index in [0.29, 0.717) is 13.1 Å². The highest BCUT2D eigenvalue weighted by molar-refractivity contribution is 7.89. The van der Waals surface area contributed by atoms with Crippen LogP contribution in [0.4, 0.5) is 0 Å². The van der Waals surface area contributed by atoms with Crippen molar-refractivity contribution in [2.45, 2.75) is 38.3 Å². The molecule has 0 unspecified atom stereocenters. The van der Waals surface area contributed by atoms with Crippen LogP contribution in [0.1, 0.15) is 31.9 Å². The van der Waals surface area contributed by atoms with Crippen molar-refractivity contribution in [2.24, 2.45) is 0 Å². The van der Waals surface area contributed by atoms with E-state index < -0.39 is 10.0 Å². The Morgan fingerprint density at radius 2 is 1.70 bits per heavy atom. The van der Waals surface area contributed by atoms with E-state index in [-0.39, 0.29) is 16.8 Å². The van der Waals surface area contributed by atoms with Gasteiger partial charge < -0.3 is 4.90 Å². The summed E-state index contributed by atoms with van der Waals surface area (Å²) in [5.74, 6) is -0.0850. The molecule has 0 spiro atoms. The van der Waals surface area contributed by atoms with E-state index in [9.17, 15) is 13.2 Å². The van der Waals surface area contributed by atoms with Crippen molar-refractivity contribution in [1.82, 2.24) is 9.62 Å². The zero-order chi connectivity index (χ0) is 19.9. The zero-order valence-electron chi connectivity index (χ0n) is 15.9. The summed E-state index contributed by atoms with van der Waals surface area (Å²) in [7, 11) is -3.47. The van der Waals surface area contributed by atoms with E-state index >= 15 is 0 Å². The summed E-state index contributed by atoms with van der Waals surface area (Å²) in [5, 5.41) is 0. The highest BCUT2D eigenvalue weighted by Gasteiger charge is 2.15. The highest BCUT2D eigenvalue weighted by Crippen LogP contribution is 2.13. The van der Waals surface area contributed by atoms with Crippen LogP contribution in [0.15, 0.2) is 65.6 Å². The molecule has 27 heavy (non-hydrogen) atoms. The van der Waals surface area contributed by atoms with Crippen molar-refractivity contribution in [3.63, 3.8) is 0 Å². The topological polar surface area (TPSA) is 66.5 Å². The minimum atomic E-state index is -3.47. The average molecular weight is 387 g/mol. The molecule has 0 fully saturated rings. The third-order valence-corrected chi connectivity index (χ3v) is 5.61. The smallest absolute Gasteiger partial charge is 0.247 e. The van der Waals surface area contributed by atoms with Crippen molar-refractivity contribution in [1.29, 1.82) is 0 Å². The van der Waals surface area contributed by atoms with Crippen LogP contribution in [-0.2, 0) is 21.4 Å². The number of hydrogen-bond acceptors (Lipinski definition) is 3. The molecule has 0 aliphatic rings. The quantitative estimate of drug-likeness (QED) is 0.707. The molecular formula is C21H26N2O3S. The fourth-order valence-corrected chi connectivity index (χ4v) is 3.63. The fraction of sp³-hybridized carbons (Fsp3) is 0.286. The third kappa shape index (κ3) is 6.05. The third-order valence-electron chi connectivity index (χ3n) is 4.05. The fourth-order valence-electron chi connectivity index (χ4n) is 2.59. The minimum absolute atomic E-state index is 0.0648. The number of nitrogens with one attached hydrogen (secondary N) is 1. The number of hydrogen-bond donors (Lipinski definition) is 1. The number of carbonyl (C=O) groups is 1. The number of benzene rings is 2. The van der Waals surface area contributed by atoms with E-state index in [0.717, 1.165) is 11.1 Å². The van der Waals surface area contributed by atoms with Crippen LogP contribution >= 0.6 is 0 Å². The van der Waals surface area contributed by atoms with Gasteiger partial charge in [0.2, 0.25) is 15.9 Å². The molecule has 0 aliphatic carbocycles. The van der Waals surface area contributed by atoms with E-state index in [1.807, 2.05) is 44.2 Å². The molecule has 1 N–H and O–H groups in total. The van der Waals surface area contributed by atoms with Gasteiger partial charge in [0.25, 0.3) is 0 Å². The van der Waals surface area contributed by atoms with Crippen LogP contribution in [0.5, 0.6) is 0 Å². The zero-order valence-corrected chi connectivity index (χ0v) is 16.7. The van der Waals surface area contributed by atoms with Crippen molar-refractivity contribution in [2.75, 3.05) is 6.54 Å². The van der Waals surface area contributed by atoms with Gasteiger partial charge >= 0.3 is 0 Å². The van der Waals surface area contributed by atoms with Crippen molar-refractivity contribution in [3.05, 3.63) is 71.8 Å². The SMILES string of the molecule is CCNS(=O)(=O)c1ccc(/C=C/C(=O)N(Cc2ccccc2)C(C)C)cc1. The van der Waals surface area contributed by atoms with Crippen LogP contribution in [0.3, 0.4) is 0 Å². The lowest BCUT2D eigenvalue weighted by Crippen LogP contribution is -2.35.